The van der Waals surface area contributed by atoms with Crippen molar-refractivity contribution >= 4 is 29.5 Å². The number of carbonyl (C=O) groups excluding carboxylic acids is 3. The molecule has 3 N–H and O–H groups in total. The van der Waals surface area contributed by atoms with Gasteiger partial charge in [0.05, 0.1) is 11.7 Å². The van der Waals surface area contributed by atoms with Crippen molar-refractivity contribution in [3.63, 3.8) is 0 Å². The van der Waals surface area contributed by atoms with Crippen molar-refractivity contribution in [3.05, 3.63) is 82.8 Å². The number of rotatable bonds is 6. The number of carboxylic acids is 1. The summed E-state index contributed by atoms with van der Waals surface area (Å²) in [6.07, 6.45) is 4.00. The molecule has 1 aromatic heterocycles. The van der Waals surface area contributed by atoms with Gasteiger partial charge in [0, 0.05) is 35.6 Å². The molecule has 0 unspecified atom stereocenters. The first-order valence-electron chi connectivity index (χ1n) is 11.2. The number of aromatic nitrogens is 1. The Morgan fingerprint density at radius 3 is 2.86 bits per heavy atom. The fraction of sp³-hybridized carbons (Fsp3) is 0.280. The largest absolute Gasteiger partial charge is 0.543 e. The fourth-order valence-electron chi connectivity index (χ4n) is 4.66. The number of nitrogens with zero attached hydrogens (tertiary/aromatic N) is 3. The van der Waals surface area contributed by atoms with Crippen LogP contribution in [0.25, 0.3) is 0 Å². The predicted molar refractivity (Wildman–Crippen MR) is 125 cm³/mol. The van der Waals surface area contributed by atoms with Gasteiger partial charge in [-0.25, -0.2) is 0 Å². The summed E-state index contributed by atoms with van der Waals surface area (Å²) in [5.41, 5.74) is 8.37. The second-order valence-corrected chi connectivity index (χ2v) is 9.84. The molecule has 3 aliphatic rings. The number of phenols is 1. The average molecular weight is 493 g/mol. The van der Waals surface area contributed by atoms with Gasteiger partial charge in [-0.05, 0) is 30.2 Å². The van der Waals surface area contributed by atoms with E-state index >= 15 is 0 Å². The molecule has 0 saturated carbocycles. The van der Waals surface area contributed by atoms with Gasteiger partial charge in [-0.3, -0.25) is 14.5 Å². The molecule has 1 aromatic carbocycles. The third kappa shape index (κ3) is 4.30. The van der Waals surface area contributed by atoms with Gasteiger partial charge in [-0.15, -0.1) is 11.8 Å². The van der Waals surface area contributed by atoms with Crippen LogP contribution in [0, 0.1) is 0 Å². The van der Waals surface area contributed by atoms with Crippen molar-refractivity contribution in [2.75, 3.05) is 12.3 Å². The lowest BCUT2D eigenvalue weighted by Gasteiger charge is -2.49. The van der Waals surface area contributed by atoms with Crippen molar-refractivity contribution in [1.82, 2.24) is 9.80 Å². The van der Waals surface area contributed by atoms with Crippen LogP contribution in [-0.2, 0) is 27.5 Å². The van der Waals surface area contributed by atoms with Gasteiger partial charge in [0.1, 0.15) is 23.7 Å². The Labute approximate surface area is 206 Å². The van der Waals surface area contributed by atoms with Gasteiger partial charge in [0.25, 0.3) is 0 Å². The minimum Gasteiger partial charge on any atom is -0.543 e. The van der Waals surface area contributed by atoms with E-state index in [9.17, 15) is 24.6 Å². The molecule has 2 amide bonds. The summed E-state index contributed by atoms with van der Waals surface area (Å²) in [6, 6.07) is 12.1. The number of nitrogens with two attached hydrogens (primary N) is 1. The molecule has 35 heavy (non-hydrogen) atoms. The summed E-state index contributed by atoms with van der Waals surface area (Å²) in [6.45, 7) is 1.43. The van der Waals surface area contributed by atoms with Gasteiger partial charge < -0.3 is 25.6 Å². The highest BCUT2D eigenvalue weighted by molar-refractivity contribution is 8.00. The van der Waals surface area contributed by atoms with Crippen LogP contribution in [0.15, 0.2) is 71.6 Å². The van der Waals surface area contributed by atoms with E-state index in [-0.39, 0.29) is 17.4 Å². The average Bonchev–Trinajstić information content (AvgIpc) is 3.18. The zero-order valence-corrected chi connectivity index (χ0v) is 19.6. The van der Waals surface area contributed by atoms with E-state index < -0.39 is 23.3 Å². The molecule has 0 bridgehead atoms. The molecule has 2 atom stereocenters. The van der Waals surface area contributed by atoms with Crippen molar-refractivity contribution in [1.29, 1.82) is 0 Å². The normalized spacial score (nSPS) is 23.1. The third-order valence-electron chi connectivity index (χ3n) is 6.44. The molecular weight excluding hydrogens is 468 g/mol. The number of benzene rings is 1. The van der Waals surface area contributed by atoms with Crippen molar-refractivity contribution in [2.45, 2.75) is 30.9 Å². The number of allylic oxidation sites excluding steroid dienone is 1. The maximum absolute atomic E-state index is 13.2. The zero-order chi connectivity index (χ0) is 24.7. The van der Waals surface area contributed by atoms with Crippen LogP contribution in [-0.4, -0.2) is 56.4 Å². The number of aliphatic carboxylic acids is 1. The first kappa shape index (κ1) is 23.1. The first-order chi connectivity index (χ1) is 16.8. The quantitative estimate of drug-likeness (QED) is 0.320. The number of aromatic hydroxyl groups is 1. The summed E-state index contributed by atoms with van der Waals surface area (Å²) >= 11 is 1.39. The highest BCUT2D eigenvalue weighted by atomic mass is 32.2. The van der Waals surface area contributed by atoms with Crippen LogP contribution in [0.5, 0.6) is 5.75 Å². The Kier molecular flexibility index (Phi) is 6.08. The molecule has 2 saturated heterocycles. The minimum absolute atomic E-state index is 0.165. The van der Waals surface area contributed by atoms with Crippen molar-refractivity contribution in [3.8, 4) is 5.75 Å². The van der Waals surface area contributed by atoms with Gasteiger partial charge in [-0.1, -0.05) is 18.2 Å². The van der Waals surface area contributed by atoms with E-state index in [1.165, 1.54) is 16.7 Å². The summed E-state index contributed by atoms with van der Waals surface area (Å²) < 4.78 is 2.02. The molecule has 10 heteroatoms. The number of pyridine rings is 1. The molecule has 2 aromatic rings. The summed E-state index contributed by atoms with van der Waals surface area (Å²) in [5, 5.41) is 21.2. The lowest BCUT2D eigenvalue weighted by atomic mass is 10.0. The Balaban J connectivity index is 1.35. The summed E-state index contributed by atoms with van der Waals surface area (Å²) in [7, 11) is 0. The second kappa shape index (κ2) is 9.20. The lowest BCUT2D eigenvalue weighted by Crippen LogP contribution is -2.69. The predicted octanol–water partition coefficient (Wildman–Crippen LogP) is -0.367. The molecule has 0 radical (unpaired) electrons. The maximum atomic E-state index is 13.2. The number of phenolic OH excluding ortho intramolecular Hbond substituents is 1. The van der Waals surface area contributed by atoms with Gasteiger partial charge in [0.15, 0.2) is 12.7 Å². The zero-order valence-electron chi connectivity index (χ0n) is 18.8. The van der Waals surface area contributed by atoms with E-state index in [2.05, 4.69) is 0 Å². The summed E-state index contributed by atoms with van der Waals surface area (Å²) in [4.78, 5) is 40.0. The number of hydrogen-bond acceptors (Lipinski definition) is 7. The number of carboxylic acid groups (broad SMARTS) is 1. The highest BCUT2D eigenvalue weighted by Gasteiger charge is 2.50. The number of fused-ring (bicyclic) bond motifs is 1. The second-order valence-electron chi connectivity index (χ2n) is 8.73. The molecular formula is C25H24N4O5S. The van der Waals surface area contributed by atoms with Crippen LogP contribution >= 0.6 is 11.8 Å². The highest BCUT2D eigenvalue weighted by Crippen LogP contribution is 2.40. The number of thioether (sulfide) groups is 1. The molecule has 4 heterocycles. The lowest BCUT2D eigenvalue weighted by molar-refractivity contribution is -0.696. The van der Waals surface area contributed by atoms with E-state index in [4.69, 9.17) is 5.73 Å². The van der Waals surface area contributed by atoms with E-state index in [0.29, 0.717) is 43.0 Å². The fourth-order valence-corrected chi connectivity index (χ4v) is 5.91. The number of β-lactam (4-membered cyclic amide) rings is 1. The number of likely N-dealkylation sites (tertiary alicyclic amines) is 1. The molecule has 0 aliphatic carbocycles. The standard InChI is InChI=1S/C25H24N4O5S/c26-20-23(32)29-21(25(33)34)17(14-35-24(20)29)11-16-7-9-28(22(16)31)13-18-5-1-2-8-27(18)12-15-4-3-6-19(30)10-15/h1-6,8,10-11,20,24H,7,9,12-14,26H2,(H-,30,33,34)/b16-11+/t20-,24-/m1/s1. The Hall–Kier alpha value is -3.63. The van der Waals surface area contributed by atoms with Gasteiger partial charge >= 0.3 is 0 Å². The van der Waals surface area contributed by atoms with E-state index in [1.807, 2.05) is 35.0 Å². The van der Waals surface area contributed by atoms with E-state index in [0.717, 1.165) is 11.3 Å². The van der Waals surface area contributed by atoms with Crippen molar-refractivity contribution in [2.24, 2.45) is 5.73 Å². The molecule has 0 spiro atoms. The molecule has 9 nitrogen and oxygen atoms in total. The smallest absolute Gasteiger partial charge is 0.250 e. The van der Waals surface area contributed by atoms with Crippen LogP contribution in [0.1, 0.15) is 17.7 Å². The van der Waals surface area contributed by atoms with Gasteiger partial charge in [-0.2, -0.15) is 4.57 Å². The van der Waals surface area contributed by atoms with Gasteiger partial charge in [0.2, 0.25) is 17.5 Å². The number of amides is 2. The number of carbonyl (C=O) groups is 3. The Morgan fingerprint density at radius 2 is 2.09 bits per heavy atom. The number of hydrogen-bond donors (Lipinski definition) is 2. The molecule has 180 valence electrons. The maximum Gasteiger partial charge on any atom is 0.250 e. The van der Waals surface area contributed by atoms with Crippen LogP contribution in [0.2, 0.25) is 0 Å². The van der Waals surface area contributed by atoms with Crippen LogP contribution in [0.3, 0.4) is 0 Å². The third-order valence-corrected chi connectivity index (χ3v) is 7.77. The monoisotopic (exact) mass is 492 g/mol. The van der Waals surface area contributed by atoms with Crippen LogP contribution in [0.4, 0.5) is 0 Å². The topological polar surface area (TPSA) is 131 Å². The Morgan fingerprint density at radius 1 is 1.26 bits per heavy atom. The van der Waals surface area contributed by atoms with Crippen molar-refractivity contribution < 1.29 is 29.2 Å². The molecule has 2 fully saturated rings. The van der Waals surface area contributed by atoms with E-state index in [1.54, 1.807) is 29.2 Å². The molecule has 5 rings (SSSR count). The first-order valence-corrected chi connectivity index (χ1v) is 12.3. The van der Waals surface area contributed by atoms with Crippen LogP contribution < -0.4 is 15.4 Å². The minimum atomic E-state index is -1.44. The molecule has 3 aliphatic heterocycles. The summed E-state index contributed by atoms with van der Waals surface area (Å²) in [5.74, 6) is -1.52. The Bertz CT molecular complexity index is 1290. The SMILES string of the molecule is N[C@@H]1C(=O)N2C(C(=O)[O-])=C(/C=C3\CCN(Cc4cccc[n+]4Cc4cccc(O)c4)C3=O)CS[C@H]12.